The third-order valence-electron chi connectivity index (χ3n) is 3.12. The molecule has 0 aliphatic carbocycles. The molecule has 0 aliphatic rings. The summed E-state index contributed by atoms with van der Waals surface area (Å²) in [6, 6.07) is 14.1. The summed E-state index contributed by atoms with van der Waals surface area (Å²) in [6.45, 7) is 0. The van der Waals surface area contributed by atoms with Gasteiger partial charge in [0.1, 0.15) is 5.92 Å². The highest BCUT2D eigenvalue weighted by Gasteiger charge is 2.39. The number of carbonyl (C=O) groups excluding carboxylic acids is 1. The van der Waals surface area contributed by atoms with E-state index in [1.807, 2.05) is 0 Å². The second-order valence-corrected chi connectivity index (χ2v) is 5.30. The molecule has 0 bridgehead atoms. The number of rotatable bonds is 3. The predicted octanol–water partition coefficient (Wildman–Crippen LogP) is 5.14. The molecule has 2 aromatic rings. The average Bonchev–Trinajstić information content (AvgIpc) is 2.51. The van der Waals surface area contributed by atoms with Crippen LogP contribution in [0.1, 0.15) is 22.3 Å². The average molecular weight is 337 g/mol. The topological polar surface area (TPSA) is 17.1 Å². The Morgan fingerprint density at radius 3 is 2.22 bits per heavy atom. The van der Waals surface area contributed by atoms with Gasteiger partial charge in [-0.3, -0.25) is 4.79 Å². The van der Waals surface area contributed by atoms with E-state index in [0.29, 0.717) is 10.6 Å². The Bertz CT molecular complexity index is 725. The summed E-state index contributed by atoms with van der Waals surface area (Å²) in [7, 11) is 0. The molecule has 0 saturated heterocycles. The zero-order chi connectivity index (χ0) is 16.9. The standard InChI is InChI=1S/C18H12ClF3O/c19-16-10-7-14(8-11-16)17(23)12-15(18(20,21)22)9-6-13-4-2-1-3-5-13/h1-5,7-8,10-11,15H,12H2. The highest BCUT2D eigenvalue weighted by Crippen LogP contribution is 2.29. The van der Waals surface area contributed by atoms with Gasteiger partial charge in [-0.05, 0) is 36.4 Å². The van der Waals surface area contributed by atoms with Gasteiger partial charge in [-0.2, -0.15) is 13.2 Å². The van der Waals surface area contributed by atoms with Crippen LogP contribution < -0.4 is 0 Å². The molecule has 0 saturated carbocycles. The lowest BCUT2D eigenvalue weighted by molar-refractivity contribution is -0.157. The highest BCUT2D eigenvalue weighted by molar-refractivity contribution is 6.30. The van der Waals surface area contributed by atoms with Crippen molar-refractivity contribution in [2.45, 2.75) is 12.6 Å². The molecule has 2 aromatic carbocycles. The predicted molar refractivity (Wildman–Crippen MR) is 83.3 cm³/mol. The zero-order valence-electron chi connectivity index (χ0n) is 11.9. The van der Waals surface area contributed by atoms with Crippen LogP contribution in [0, 0.1) is 17.8 Å². The van der Waals surface area contributed by atoms with Crippen molar-refractivity contribution in [3.8, 4) is 11.8 Å². The first kappa shape index (κ1) is 17.1. The molecule has 2 rings (SSSR count). The minimum Gasteiger partial charge on any atom is -0.294 e. The highest BCUT2D eigenvalue weighted by atomic mass is 35.5. The van der Waals surface area contributed by atoms with Gasteiger partial charge in [0, 0.05) is 22.6 Å². The molecular weight excluding hydrogens is 325 g/mol. The lowest BCUT2D eigenvalue weighted by Gasteiger charge is -2.14. The van der Waals surface area contributed by atoms with E-state index in [-0.39, 0.29) is 5.56 Å². The third kappa shape index (κ3) is 5.15. The molecule has 0 aliphatic heterocycles. The van der Waals surface area contributed by atoms with Crippen molar-refractivity contribution in [1.82, 2.24) is 0 Å². The maximum Gasteiger partial charge on any atom is 0.402 e. The Labute approximate surface area is 137 Å². The van der Waals surface area contributed by atoms with Gasteiger partial charge in [0.2, 0.25) is 0 Å². The fraction of sp³-hybridized carbons (Fsp3) is 0.167. The normalized spacial score (nSPS) is 12.2. The summed E-state index contributed by atoms with van der Waals surface area (Å²) in [5, 5.41) is 0.415. The number of hydrogen-bond acceptors (Lipinski definition) is 1. The van der Waals surface area contributed by atoms with E-state index in [2.05, 4.69) is 11.8 Å². The molecule has 0 radical (unpaired) electrons. The first-order valence-electron chi connectivity index (χ1n) is 6.78. The van der Waals surface area contributed by atoms with Crippen LogP contribution in [0.15, 0.2) is 54.6 Å². The lowest BCUT2D eigenvalue weighted by atomic mass is 9.97. The first-order chi connectivity index (χ1) is 10.9. The van der Waals surface area contributed by atoms with Crippen molar-refractivity contribution in [2.24, 2.45) is 5.92 Å². The molecule has 1 unspecified atom stereocenters. The van der Waals surface area contributed by atoms with Crippen LogP contribution in [-0.2, 0) is 0 Å². The quantitative estimate of drug-likeness (QED) is 0.560. The summed E-state index contributed by atoms with van der Waals surface area (Å²) in [5.74, 6) is 2.01. The maximum absolute atomic E-state index is 13.1. The molecule has 0 aromatic heterocycles. The van der Waals surface area contributed by atoms with Crippen LogP contribution in [0.5, 0.6) is 0 Å². The van der Waals surface area contributed by atoms with Gasteiger partial charge in [-0.1, -0.05) is 41.6 Å². The maximum atomic E-state index is 13.1. The summed E-state index contributed by atoms with van der Waals surface area (Å²) in [5.41, 5.74) is 0.658. The Balaban J connectivity index is 2.18. The van der Waals surface area contributed by atoms with Gasteiger partial charge in [0.05, 0.1) is 0 Å². The van der Waals surface area contributed by atoms with Gasteiger partial charge in [0.25, 0.3) is 0 Å². The van der Waals surface area contributed by atoms with E-state index in [0.717, 1.165) is 0 Å². The van der Waals surface area contributed by atoms with E-state index < -0.39 is 24.3 Å². The second kappa shape index (κ2) is 7.34. The van der Waals surface area contributed by atoms with Crippen LogP contribution in [0.25, 0.3) is 0 Å². The number of hydrogen-bond donors (Lipinski definition) is 0. The first-order valence-corrected chi connectivity index (χ1v) is 7.16. The molecule has 0 heterocycles. The lowest BCUT2D eigenvalue weighted by Crippen LogP contribution is -2.24. The van der Waals surface area contributed by atoms with E-state index in [1.165, 1.54) is 24.3 Å². The number of benzene rings is 2. The van der Waals surface area contributed by atoms with Crippen LogP contribution in [0.2, 0.25) is 5.02 Å². The van der Waals surface area contributed by atoms with Crippen molar-refractivity contribution >= 4 is 17.4 Å². The number of alkyl halides is 3. The molecule has 0 N–H and O–H groups in total. The SMILES string of the molecule is O=C(CC(C#Cc1ccccc1)C(F)(F)F)c1ccc(Cl)cc1. The Kier molecular flexibility index (Phi) is 5.46. The minimum atomic E-state index is -4.57. The van der Waals surface area contributed by atoms with Crippen molar-refractivity contribution in [2.75, 3.05) is 0 Å². The van der Waals surface area contributed by atoms with Crippen LogP contribution in [-0.4, -0.2) is 12.0 Å². The van der Waals surface area contributed by atoms with E-state index in [4.69, 9.17) is 11.6 Å². The molecule has 1 atom stereocenters. The Hall–Kier alpha value is -2.25. The Morgan fingerprint density at radius 2 is 1.65 bits per heavy atom. The second-order valence-electron chi connectivity index (χ2n) is 4.86. The van der Waals surface area contributed by atoms with Crippen molar-refractivity contribution in [3.63, 3.8) is 0 Å². The number of halogens is 4. The van der Waals surface area contributed by atoms with Gasteiger partial charge < -0.3 is 0 Å². The van der Waals surface area contributed by atoms with E-state index in [9.17, 15) is 18.0 Å². The summed E-state index contributed by atoms with van der Waals surface area (Å²) < 4.78 is 39.3. The monoisotopic (exact) mass is 336 g/mol. The van der Waals surface area contributed by atoms with E-state index in [1.54, 1.807) is 30.3 Å². The molecular formula is C18H12ClF3O. The minimum absolute atomic E-state index is 0.185. The van der Waals surface area contributed by atoms with Gasteiger partial charge in [-0.25, -0.2) is 0 Å². The fourth-order valence-electron chi connectivity index (χ4n) is 1.88. The summed E-state index contributed by atoms with van der Waals surface area (Å²) >= 11 is 5.70. The fourth-order valence-corrected chi connectivity index (χ4v) is 2.01. The molecule has 0 amide bonds. The van der Waals surface area contributed by atoms with Gasteiger partial charge in [0.15, 0.2) is 5.78 Å². The van der Waals surface area contributed by atoms with Gasteiger partial charge in [-0.15, -0.1) is 0 Å². The Morgan fingerprint density at radius 1 is 1.04 bits per heavy atom. The summed E-state index contributed by atoms with van der Waals surface area (Å²) in [6.07, 6.45) is -5.28. The van der Waals surface area contributed by atoms with Crippen molar-refractivity contribution in [1.29, 1.82) is 0 Å². The van der Waals surface area contributed by atoms with Crippen molar-refractivity contribution < 1.29 is 18.0 Å². The van der Waals surface area contributed by atoms with E-state index >= 15 is 0 Å². The zero-order valence-corrected chi connectivity index (χ0v) is 12.7. The third-order valence-corrected chi connectivity index (χ3v) is 3.37. The molecule has 118 valence electrons. The molecule has 1 nitrogen and oxygen atoms in total. The number of ketones is 1. The largest absolute Gasteiger partial charge is 0.402 e. The smallest absolute Gasteiger partial charge is 0.294 e. The van der Waals surface area contributed by atoms with Crippen LogP contribution >= 0.6 is 11.6 Å². The molecule has 0 fully saturated rings. The number of carbonyl (C=O) groups is 1. The van der Waals surface area contributed by atoms with Crippen LogP contribution in [0.3, 0.4) is 0 Å². The number of Topliss-reactive ketones (excluding diaryl/α,β-unsaturated/α-hetero) is 1. The molecule has 23 heavy (non-hydrogen) atoms. The van der Waals surface area contributed by atoms with Gasteiger partial charge >= 0.3 is 6.18 Å². The molecule has 5 heteroatoms. The summed E-state index contributed by atoms with van der Waals surface area (Å²) in [4.78, 5) is 12.0. The molecule has 0 spiro atoms. The van der Waals surface area contributed by atoms with Crippen LogP contribution in [0.4, 0.5) is 13.2 Å². The van der Waals surface area contributed by atoms with Crippen molar-refractivity contribution in [3.05, 3.63) is 70.7 Å².